The van der Waals surface area contributed by atoms with Crippen LogP contribution in [0.25, 0.3) is 0 Å². The number of fused-ring (bicyclic) bond motifs is 1. The molecule has 76 valence electrons. The van der Waals surface area contributed by atoms with E-state index in [0.717, 1.165) is 0 Å². The van der Waals surface area contributed by atoms with Gasteiger partial charge in [-0.15, -0.1) is 0 Å². The molecule has 0 aliphatic carbocycles. The van der Waals surface area contributed by atoms with Crippen molar-refractivity contribution in [2.24, 2.45) is 5.73 Å². The Morgan fingerprint density at radius 2 is 2.23 bits per heavy atom. The monoisotopic (exact) mass is 193 g/mol. The Balaban J connectivity index is 2.32. The fraction of sp³-hybridized carbons (Fsp3) is 1.00. The smallest absolute Gasteiger partial charge is 0.176 e. The summed E-state index contributed by atoms with van der Waals surface area (Å²) in [7, 11) is 0. The minimum absolute atomic E-state index is 0.0133. The number of hydrogen-bond acceptors (Lipinski definition) is 5. The molecule has 5 nitrogen and oxygen atoms in total. The molecule has 2 rings (SSSR count). The van der Waals surface area contributed by atoms with Gasteiger partial charge >= 0.3 is 0 Å². The van der Waals surface area contributed by atoms with Gasteiger partial charge in [0.15, 0.2) is 11.8 Å². The maximum atomic E-state index is 12.1. The standard InChI is InChI=1S/C7H12FNO4/c1-6-5(13-8)3-12-7(6,9)4(10)2-11-6/h4-5,10H,2-3,9H2,1H3/t4?,5?,6-,7-/m1/s1. The van der Waals surface area contributed by atoms with Crippen LogP contribution in [0.5, 0.6) is 0 Å². The number of nitrogens with two attached hydrogens (primary N) is 1. The molecule has 0 aromatic rings. The number of ether oxygens (including phenoxy) is 2. The van der Waals surface area contributed by atoms with E-state index in [1.54, 1.807) is 6.92 Å². The summed E-state index contributed by atoms with van der Waals surface area (Å²) in [6, 6.07) is 0. The van der Waals surface area contributed by atoms with Gasteiger partial charge in [-0.05, 0) is 11.4 Å². The number of aliphatic hydroxyl groups excluding tert-OH is 1. The van der Waals surface area contributed by atoms with E-state index in [1.165, 1.54) is 0 Å². The van der Waals surface area contributed by atoms with Gasteiger partial charge in [-0.2, -0.15) is 4.94 Å². The van der Waals surface area contributed by atoms with Crippen molar-refractivity contribution in [1.82, 2.24) is 0 Å². The van der Waals surface area contributed by atoms with Crippen LogP contribution in [0.3, 0.4) is 0 Å². The van der Waals surface area contributed by atoms with Crippen LogP contribution in [0.2, 0.25) is 0 Å². The first-order chi connectivity index (χ1) is 6.04. The third kappa shape index (κ3) is 0.921. The van der Waals surface area contributed by atoms with Gasteiger partial charge in [0.05, 0.1) is 13.2 Å². The summed E-state index contributed by atoms with van der Waals surface area (Å²) in [6.45, 7) is 1.59. The van der Waals surface area contributed by atoms with Crippen molar-refractivity contribution in [1.29, 1.82) is 0 Å². The lowest BCUT2D eigenvalue weighted by atomic mass is 9.89. The molecule has 0 spiro atoms. The SMILES string of the molecule is C[C@]12OCC(O)[C@@]1(N)OCC2OF. The average molecular weight is 193 g/mol. The first-order valence-corrected chi connectivity index (χ1v) is 4.07. The van der Waals surface area contributed by atoms with E-state index in [-0.39, 0.29) is 13.2 Å². The van der Waals surface area contributed by atoms with Crippen LogP contribution < -0.4 is 5.73 Å². The molecule has 2 unspecified atom stereocenters. The van der Waals surface area contributed by atoms with Crippen LogP contribution in [0.4, 0.5) is 4.53 Å². The summed E-state index contributed by atoms with van der Waals surface area (Å²) < 4.78 is 22.4. The Bertz CT molecular complexity index is 229. The van der Waals surface area contributed by atoms with Crippen LogP contribution in [-0.2, 0) is 14.4 Å². The van der Waals surface area contributed by atoms with Gasteiger partial charge in [0.1, 0.15) is 11.7 Å². The summed E-state index contributed by atoms with van der Waals surface area (Å²) in [4.78, 5) is 3.70. The predicted molar refractivity (Wildman–Crippen MR) is 39.2 cm³/mol. The van der Waals surface area contributed by atoms with Gasteiger partial charge < -0.3 is 14.6 Å². The van der Waals surface area contributed by atoms with Crippen LogP contribution >= 0.6 is 0 Å². The Morgan fingerprint density at radius 1 is 1.54 bits per heavy atom. The van der Waals surface area contributed by atoms with Crippen LogP contribution in [0.15, 0.2) is 0 Å². The zero-order valence-corrected chi connectivity index (χ0v) is 7.20. The van der Waals surface area contributed by atoms with Crippen molar-refractivity contribution in [3.8, 4) is 0 Å². The van der Waals surface area contributed by atoms with Crippen molar-refractivity contribution >= 4 is 0 Å². The largest absolute Gasteiger partial charge is 0.386 e. The average Bonchev–Trinajstić information content (AvgIpc) is 2.48. The van der Waals surface area contributed by atoms with Gasteiger partial charge in [0, 0.05) is 0 Å². The third-order valence-corrected chi connectivity index (χ3v) is 3.01. The third-order valence-electron chi connectivity index (χ3n) is 3.01. The summed E-state index contributed by atoms with van der Waals surface area (Å²) in [6.07, 6.45) is -1.83. The van der Waals surface area contributed by atoms with Crippen molar-refractivity contribution in [3.63, 3.8) is 0 Å². The van der Waals surface area contributed by atoms with Crippen LogP contribution in [-0.4, -0.2) is 41.9 Å². The first-order valence-electron chi connectivity index (χ1n) is 4.07. The minimum Gasteiger partial charge on any atom is -0.386 e. The topological polar surface area (TPSA) is 73.9 Å². The highest BCUT2D eigenvalue weighted by Crippen LogP contribution is 2.44. The number of rotatable bonds is 1. The maximum Gasteiger partial charge on any atom is 0.176 e. The molecule has 3 N–H and O–H groups in total. The Kier molecular flexibility index (Phi) is 1.87. The second-order valence-corrected chi connectivity index (χ2v) is 3.62. The van der Waals surface area contributed by atoms with Crippen molar-refractivity contribution < 1.29 is 24.0 Å². The fourth-order valence-electron chi connectivity index (χ4n) is 1.89. The summed E-state index contributed by atoms with van der Waals surface area (Å²) >= 11 is 0. The molecule has 0 bridgehead atoms. The highest BCUT2D eigenvalue weighted by atomic mass is 19.3. The Hall–Kier alpha value is -0.270. The van der Waals surface area contributed by atoms with E-state index >= 15 is 0 Å². The number of halogens is 1. The van der Waals surface area contributed by atoms with Crippen LogP contribution in [0, 0.1) is 0 Å². The molecule has 0 aromatic carbocycles. The molecule has 0 amide bonds. The fourth-order valence-corrected chi connectivity index (χ4v) is 1.89. The van der Waals surface area contributed by atoms with Crippen LogP contribution in [0.1, 0.15) is 6.92 Å². The van der Waals surface area contributed by atoms with Gasteiger partial charge in [-0.25, -0.2) is 0 Å². The zero-order chi connectivity index (χ0) is 9.69. The van der Waals surface area contributed by atoms with Crippen molar-refractivity contribution in [3.05, 3.63) is 0 Å². The quantitative estimate of drug-likeness (QED) is 0.564. The van der Waals surface area contributed by atoms with Crippen molar-refractivity contribution in [2.45, 2.75) is 30.5 Å². The molecule has 0 saturated carbocycles. The molecule has 13 heavy (non-hydrogen) atoms. The zero-order valence-electron chi connectivity index (χ0n) is 7.20. The van der Waals surface area contributed by atoms with Gasteiger partial charge in [0.25, 0.3) is 0 Å². The molecule has 2 heterocycles. The van der Waals surface area contributed by atoms with E-state index in [4.69, 9.17) is 15.2 Å². The second-order valence-electron chi connectivity index (χ2n) is 3.62. The van der Waals surface area contributed by atoms with Gasteiger partial charge in [0.2, 0.25) is 0 Å². The molecule has 4 atom stereocenters. The van der Waals surface area contributed by atoms with E-state index < -0.39 is 23.5 Å². The highest BCUT2D eigenvalue weighted by Gasteiger charge is 2.67. The molecular formula is C7H12FNO4. The molecule has 0 aromatic heterocycles. The molecule has 2 fully saturated rings. The van der Waals surface area contributed by atoms with Crippen molar-refractivity contribution in [2.75, 3.05) is 13.2 Å². The van der Waals surface area contributed by atoms with E-state index in [2.05, 4.69) is 4.94 Å². The normalized spacial score (nSPS) is 55.4. The molecule has 2 saturated heterocycles. The summed E-state index contributed by atoms with van der Waals surface area (Å²) in [5.41, 5.74) is 3.30. The lowest BCUT2D eigenvalue weighted by molar-refractivity contribution is -0.227. The minimum atomic E-state index is -1.36. The summed E-state index contributed by atoms with van der Waals surface area (Å²) in [5, 5.41) is 9.48. The lowest BCUT2D eigenvalue weighted by Gasteiger charge is -2.33. The summed E-state index contributed by atoms with van der Waals surface area (Å²) in [5.74, 6) is 0. The first kappa shape index (κ1) is 9.29. The van der Waals surface area contributed by atoms with E-state index in [9.17, 15) is 9.63 Å². The second kappa shape index (κ2) is 2.61. The van der Waals surface area contributed by atoms with Gasteiger partial charge in [-0.1, -0.05) is 0 Å². The van der Waals surface area contributed by atoms with E-state index in [1.807, 2.05) is 0 Å². The lowest BCUT2D eigenvalue weighted by Crippen LogP contribution is -2.62. The molecule has 2 aliphatic heterocycles. The Labute approximate surface area is 74.5 Å². The van der Waals surface area contributed by atoms with Gasteiger partial charge in [-0.3, -0.25) is 5.73 Å². The van der Waals surface area contributed by atoms with E-state index in [0.29, 0.717) is 0 Å². The molecule has 6 heteroatoms. The molecular weight excluding hydrogens is 181 g/mol. The highest BCUT2D eigenvalue weighted by molar-refractivity contribution is 5.13. The molecule has 2 aliphatic rings. The Morgan fingerprint density at radius 3 is 2.85 bits per heavy atom. The predicted octanol–water partition coefficient (Wildman–Crippen LogP) is -0.909. The number of hydrogen-bond donors (Lipinski definition) is 2. The molecule has 0 radical (unpaired) electrons. The maximum absolute atomic E-state index is 12.1. The number of aliphatic hydroxyl groups is 1.